The van der Waals surface area contributed by atoms with Gasteiger partial charge in [-0.2, -0.15) is 9.40 Å². The van der Waals surface area contributed by atoms with Crippen LogP contribution in [0.25, 0.3) is 0 Å². The third-order valence-electron chi connectivity index (χ3n) is 4.09. The number of sulfonamides is 1. The second-order valence-electron chi connectivity index (χ2n) is 5.90. The van der Waals surface area contributed by atoms with E-state index in [-0.39, 0.29) is 23.3 Å². The fourth-order valence-electron chi connectivity index (χ4n) is 2.88. The average molecular weight is 343 g/mol. The van der Waals surface area contributed by atoms with Gasteiger partial charge in [-0.05, 0) is 39.7 Å². The Bertz CT molecular complexity index is 636. The van der Waals surface area contributed by atoms with Crippen molar-refractivity contribution >= 4 is 15.9 Å². The summed E-state index contributed by atoms with van der Waals surface area (Å²) in [5.41, 5.74) is 6.39. The molecule has 0 saturated carbocycles. The molecule has 1 fully saturated rings. The van der Waals surface area contributed by atoms with E-state index in [0.29, 0.717) is 50.3 Å². The fourth-order valence-corrected chi connectivity index (χ4v) is 4.74. The molecule has 9 heteroatoms. The first kappa shape index (κ1) is 17.9. The number of nitrogens with one attached hydrogen (secondary N) is 2. The van der Waals surface area contributed by atoms with E-state index in [0.717, 1.165) is 0 Å². The van der Waals surface area contributed by atoms with Crippen molar-refractivity contribution in [2.45, 2.75) is 38.0 Å². The Balaban J connectivity index is 2.10. The predicted molar refractivity (Wildman–Crippen MR) is 86.2 cm³/mol. The predicted octanol–water partition coefficient (Wildman–Crippen LogP) is -0.108. The van der Waals surface area contributed by atoms with Gasteiger partial charge in [-0.3, -0.25) is 9.89 Å². The lowest BCUT2D eigenvalue weighted by Crippen LogP contribution is -2.45. The lowest BCUT2D eigenvalue weighted by molar-refractivity contribution is -0.126. The summed E-state index contributed by atoms with van der Waals surface area (Å²) in [6.45, 7) is 5.04. The van der Waals surface area contributed by atoms with Gasteiger partial charge in [-0.25, -0.2) is 8.42 Å². The van der Waals surface area contributed by atoms with Crippen LogP contribution in [0.5, 0.6) is 0 Å². The highest BCUT2D eigenvalue weighted by Gasteiger charge is 2.35. The molecule has 130 valence electrons. The molecule has 23 heavy (non-hydrogen) atoms. The van der Waals surface area contributed by atoms with Gasteiger partial charge in [0.15, 0.2) is 0 Å². The SMILES string of the molecule is Cc1n[nH]c(C)c1S(=O)(=O)N1CCCC(C(=O)NCCCN)C1. The topological polar surface area (TPSA) is 121 Å². The third kappa shape index (κ3) is 3.91. The number of aromatic amines is 1. The molecule has 0 bridgehead atoms. The number of hydrogen-bond acceptors (Lipinski definition) is 5. The van der Waals surface area contributed by atoms with Crippen LogP contribution in [0.4, 0.5) is 0 Å². The maximum Gasteiger partial charge on any atom is 0.246 e. The number of amides is 1. The van der Waals surface area contributed by atoms with Crippen LogP contribution >= 0.6 is 0 Å². The normalized spacial score (nSPS) is 19.7. The number of carbonyl (C=O) groups is 1. The van der Waals surface area contributed by atoms with E-state index in [1.807, 2.05) is 0 Å². The summed E-state index contributed by atoms with van der Waals surface area (Å²) < 4.78 is 27.1. The Morgan fingerprint density at radius 3 is 2.83 bits per heavy atom. The van der Waals surface area contributed by atoms with Crippen LogP contribution in [0, 0.1) is 19.8 Å². The largest absolute Gasteiger partial charge is 0.356 e. The van der Waals surface area contributed by atoms with E-state index >= 15 is 0 Å². The quantitative estimate of drug-likeness (QED) is 0.622. The first-order valence-corrected chi connectivity index (χ1v) is 9.31. The van der Waals surface area contributed by atoms with Crippen molar-refractivity contribution in [3.63, 3.8) is 0 Å². The molecule has 1 aliphatic rings. The Labute approximate surface area is 136 Å². The number of hydrogen-bond donors (Lipinski definition) is 3. The lowest BCUT2D eigenvalue weighted by atomic mass is 9.99. The summed E-state index contributed by atoms with van der Waals surface area (Å²) in [6, 6.07) is 0. The molecule has 1 aromatic rings. The highest BCUT2D eigenvalue weighted by atomic mass is 32.2. The van der Waals surface area contributed by atoms with Crippen LogP contribution in [0.3, 0.4) is 0 Å². The van der Waals surface area contributed by atoms with Crippen molar-refractivity contribution in [1.29, 1.82) is 0 Å². The van der Waals surface area contributed by atoms with Gasteiger partial charge in [0.2, 0.25) is 15.9 Å². The summed E-state index contributed by atoms with van der Waals surface area (Å²) in [6.07, 6.45) is 2.09. The molecule has 4 N–H and O–H groups in total. The first-order chi connectivity index (χ1) is 10.9. The molecule has 0 spiro atoms. The highest BCUT2D eigenvalue weighted by Crippen LogP contribution is 2.26. The van der Waals surface area contributed by atoms with Crippen molar-refractivity contribution < 1.29 is 13.2 Å². The average Bonchev–Trinajstić information content (AvgIpc) is 2.87. The zero-order chi connectivity index (χ0) is 17.0. The molecule has 0 aromatic carbocycles. The van der Waals surface area contributed by atoms with E-state index in [9.17, 15) is 13.2 Å². The fraction of sp³-hybridized carbons (Fsp3) is 0.714. The molecule has 0 aliphatic carbocycles. The molecule has 2 rings (SSSR count). The summed E-state index contributed by atoms with van der Waals surface area (Å²) in [7, 11) is -3.63. The van der Waals surface area contributed by atoms with Gasteiger partial charge in [0.1, 0.15) is 4.90 Å². The minimum absolute atomic E-state index is 0.0982. The number of piperidine rings is 1. The van der Waals surface area contributed by atoms with Crippen LogP contribution in [0.2, 0.25) is 0 Å². The molecule has 0 radical (unpaired) electrons. The van der Waals surface area contributed by atoms with Gasteiger partial charge in [-0.15, -0.1) is 0 Å². The number of H-pyrrole nitrogens is 1. The maximum atomic E-state index is 12.8. The van der Waals surface area contributed by atoms with E-state index in [1.54, 1.807) is 13.8 Å². The van der Waals surface area contributed by atoms with Crippen molar-refractivity contribution in [2.75, 3.05) is 26.2 Å². The second kappa shape index (κ2) is 7.41. The molecular formula is C14H25N5O3S. The Hall–Kier alpha value is -1.45. The van der Waals surface area contributed by atoms with Gasteiger partial charge in [0.25, 0.3) is 0 Å². The second-order valence-corrected chi connectivity index (χ2v) is 7.77. The number of aromatic nitrogens is 2. The first-order valence-electron chi connectivity index (χ1n) is 7.87. The summed E-state index contributed by atoms with van der Waals surface area (Å²) in [4.78, 5) is 12.4. The molecular weight excluding hydrogens is 318 g/mol. The smallest absolute Gasteiger partial charge is 0.246 e. The summed E-state index contributed by atoms with van der Waals surface area (Å²) >= 11 is 0. The zero-order valence-electron chi connectivity index (χ0n) is 13.6. The number of rotatable bonds is 6. The van der Waals surface area contributed by atoms with Gasteiger partial charge in [0, 0.05) is 19.6 Å². The van der Waals surface area contributed by atoms with E-state index in [2.05, 4.69) is 15.5 Å². The highest BCUT2D eigenvalue weighted by molar-refractivity contribution is 7.89. The number of carbonyl (C=O) groups excluding carboxylic acids is 1. The minimum Gasteiger partial charge on any atom is -0.356 e. The Morgan fingerprint density at radius 1 is 1.48 bits per heavy atom. The van der Waals surface area contributed by atoms with Crippen LogP contribution in [-0.4, -0.2) is 55.0 Å². The Kier molecular flexibility index (Phi) is 5.77. The summed E-state index contributed by atoms with van der Waals surface area (Å²) in [5, 5.41) is 9.49. The number of nitrogens with two attached hydrogens (primary N) is 1. The van der Waals surface area contributed by atoms with Crippen LogP contribution in [0.15, 0.2) is 4.90 Å². The molecule has 1 amide bonds. The minimum atomic E-state index is -3.63. The van der Waals surface area contributed by atoms with Crippen molar-refractivity contribution in [3.05, 3.63) is 11.4 Å². The maximum absolute atomic E-state index is 12.8. The van der Waals surface area contributed by atoms with Crippen molar-refractivity contribution in [1.82, 2.24) is 19.8 Å². The molecule has 1 aliphatic heterocycles. The van der Waals surface area contributed by atoms with Crippen LogP contribution < -0.4 is 11.1 Å². The summed E-state index contributed by atoms with van der Waals surface area (Å²) in [5.74, 6) is -0.414. The molecule has 8 nitrogen and oxygen atoms in total. The zero-order valence-corrected chi connectivity index (χ0v) is 14.4. The van der Waals surface area contributed by atoms with Crippen molar-refractivity contribution in [3.8, 4) is 0 Å². The van der Waals surface area contributed by atoms with Crippen LogP contribution in [-0.2, 0) is 14.8 Å². The Morgan fingerprint density at radius 2 is 2.22 bits per heavy atom. The monoisotopic (exact) mass is 343 g/mol. The molecule has 1 atom stereocenters. The van der Waals surface area contributed by atoms with Gasteiger partial charge in [-0.1, -0.05) is 0 Å². The number of nitrogens with zero attached hydrogens (tertiary/aromatic N) is 2. The number of aryl methyl sites for hydroxylation is 2. The van der Waals surface area contributed by atoms with Gasteiger partial charge >= 0.3 is 0 Å². The molecule has 1 aromatic heterocycles. The molecule has 1 saturated heterocycles. The lowest BCUT2D eigenvalue weighted by Gasteiger charge is -2.31. The van der Waals surface area contributed by atoms with E-state index < -0.39 is 10.0 Å². The van der Waals surface area contributed by atoms with E-state index in [1.165, 1.54) is 4.31 Å². The van der Waals surface area contributed by atoms with Crippen LogP contribution in [0.1, 0.15) is 30.7 Å². The standard InChI is InChI=1S/C14H25N5O3S/c1-10-13(11(2)18-17-10)23(21,22)19-8-3-5-12(9-19)14(20)16-7-4-6-15/h12H,3-9,15H2,1-2H3,(H,16,20)(H,17,18). The van der Waals surface area contributed by atoms with E-state index in [4.69, 9.17) is 5.73 Å². The third-order valence-corrected chi connectivity index (χ3v) is 6.22. The molecule has 2 heterocycles. The van der Waals surface area contributed by atoms with Gasteiger partial charge < -0.3 is 11.1 Å². The van der Waals surface area contributed by atoms with Gasteiger partial charge in [0.05, 0.1) is 17.3 Å². The molecule has 1 unspecified atom stereocenters. The van der Waals surface area contributed by atoms with Crippen molar-refractivity contribution in [2.24, 2.45) is 11.7 Å².